The molecule has 0 saturated carbocycles. The number of ether oxygens (including phenoxy) is 2. The number of rotatable bonds is 4. The lowest BCUT2D eigenvalue weighted by Crippen LogP contribution is -2.37. The molecule has 1 N–H and O–H groups in total. The molecule has 0 spiro atoms. The van der Waals surface area contributed by atoms with Crippen LogP contribution in [0, 0.1) is 0 Å². The Labute approximate surface area is 96.9 Å². The number of hydrogen-bond acceptors (Lipinski definition) is 4. The number of dihydropyridines is 1. The molecule has 0 aliphatic carbocycles. The molecule has 0 radical (unpaired) electrons. The van der Waals surface area contributed by atoms with Crippen LogP contribution in [0.3, 0.4) is 0 Å². The van der Waals surface area contributed by atoms with Crippen LogP contribution in [0.15, 0.2) is 23.6 Å². The predicted molar refractivity (Wildman–Crippen MR) is 63.1 cm³/mol. The highest BCUT2D eigenvalue weighted by Crippen LogP contribution is 2.11. The number of allylic oxidation sites excluding steroid dienone is 1. The zero-order valence-corrected chi connectivity index (χ0v) is 9.87. The third-order valence-electron chi connectivity index (χ3n) is 3.00. The minimum Gasteiger partial charge on any atom is -0.483 e. The summed E-state index contributed by atoms with van der Waals surface area (Å²) in [4.78, 5) is 2.45. The van der Waals surface area contributed by atoms with Gasteiger partial charge in [-0.25, -0.2) is 0 Å². The van der Waals surface area contributed by atoms with Crippen LogP contribution in [-0.2, 0) is 9.47 Å². The Balaban J connectivity index is 1.76. The van der Waals surface area contributed by atoms with E-state index < -0.39 is 0 Å². The van der Waals surface area contributed by atoms with Gasteiger partial charge in [0.2, 0.25) is 0 Å². The van der Waals surface area contributed by atoms with E-state index in [-0.39, 0.29) is 0 Å². The SMILES string of the molecule is COC1=CC(CCN2CCOCC2)=CCN1. The van der Waals surface area contributed by atoms with E-state index in [9.17, 15) is 0 Å². The van der Waals surface area contributed by atoms with Crippen LogP contribution in [0.25, 0.3) is 0 Å². The van der Waals surface area contributed by atoms with Crippen molar-refractivity contribution in [2.24, 2.45) is 0 Å². The van der Waals surface area contributed by atoms with Crippen molar-refractivity contribution in [2.75, 3.05) is 46.5 Å². The number of nitrogens with zero attached hydrogens (tertiary/aromatic N) is 1. The number of methoxy groups -OCH3 is 1. The van der Waals surface area contributed by atoms with Crippen LogP contribution in [0.4, 0.5) is 0 Å². The summed E-state index contributed by atoms with van der Waals surface area (Å²) >= 11 is 0. The maximum absolute atomic E-state index is 5.33. The van der Waals surface area contributed by atoms with Crippen molar-refractivity contribution in [3.8, 4) is 0 Å². The van der Waals surface area contributed by atoms with E-state index in [0.717, 1.165) is 51.7 Å². The minimum absolute atomic E-state index is 0.873. The van der Waals surface area contributed by atoms with Crippen LogP contribution in [0.5, 0.6) is 0 Å². The number of morpholine rings is 1. The molecule has 90 valence electrons. The summed E-state index contributed by atoms with van der Waals surface area (Å²) in [6, 6.07) is 0. The molecule has 0 bridgehead atoms. The molecule has 0 amide bonds. The second-order valence-electron chi connectivity index (χ2n) is 4.08. The first kappa shape index (κ1) is 11.5. The van der Waals surface area contributed by atoms with Crippen molar-refractivity contribution in [3.63, 3.8) is 0 Å². The van der Waals surface area contributed by atoms with Crippen molar-refractivity contribution in [1.82, 2.24) is 10.2 Å². The largest absolute Gasteiger partial charge is 0.483 e. The zero-order valence-electron chi connectivity index (χ0n) is 9.87. The summed E-state index contributed by atoms with van der Waals surface area (Å²) in [5.41, 5.74) is 1.36. The van der Waals surface area contributed by atoms with E-state index in [0.29, 0.717) is 0 Å². The van der Waals surface area contributed by atoms with Gasteiger partial charge in [0.1, 0.15) is 0 Å². The highest BCUT2D eigenvalue weighted by molar-refractivity contribution is 5.25. The monoisotopic (exact) mass is 224 g/mol. The molecule has 2 aliphatic rings. The Hall–Kier alpha value is -1.00. The average molecular weight is 224 g/mol. The van der Waals surface area contributed by atoms with Crippen molar-refractivity contribution < 1.29 is 9.47 Å². The second kappa shape index (κ2) is 5.92. The third-order valence-corrected chi connectivity index (χ3v) is 3.00. The van der Waals surface area contributed by atoms with Gasteiger partial charge in [0, 0.05) is 32.3 Å². The van der Waals surface area contributed by atoms with Crippen LogP contribution in [0.1, 0.15) is 6.42 Å². The molecule has 1 saturated heterocycles. The predicted octanol–water partition coefficient (Wildman–Crippen LogP) is 0.726. The maximum atomic E-state index is 5.33. The van der Waals surface area contributed by atoms with Gasteiger partial charge < -0.3 is 14.8 Å². The Kier molecular flexibility index (Phi) is 4.25. The zero-order chi connectivity index (χ0) is 11.2. The van der Waals surface area contributed by atoms with Crippen molar-refractivity contribution >= 4 is 0 Å². The molecule has 0 aromatic heterocycles. The van der Waals surface area contributed by atoms with E-state index in [4.69, 9.17) is 9.47 Å². The van der Waals surface area contributed by atoms with Gasteiger partial charge >= 0.3 is 0 Å². The lowest BCUT2D eigenvalue weighted by atomic mass is 10.1. The molecule has 2 aliphatic heterocycles. The van der Waals surface area contributed by atoms with Crippen LogP contribution < -0.4 is 5.32 Å². The third kappa shape index (κ3) is 3.25. The van der Waals surface area contributed by atoms with Gasteiger partial charge in [0.25, 0.3) is 0 Å². The topological polar surface area (TPSA) is 33.7 Å². The molecule has 4 heteroatoms. The highest BCUT2D eigenvalue weighted by Gasteiger charge is 2.11. The first-order valence-corrected chi connectivity index (χ1v) is 5.87. The van der Waals surface area contributed by atoms with E-state index in [1.807, 2.05) is 0 Å². The van der Waals surface area contributed by atoms with E-state index >= 15 is 0 Å². The first-order valence-electron chi connectivity index (χ1n) is 5.87. The van der Waals surface area contributed by atoms with E-state index in [1.165, 1.54) is 5.57 Å². The summed E-state index contributed by atoms with van der Waals surface area (Å²) in [6.07, 6.45) is 5.40. The van der Waals surface area contributed by atoms with Crippen molar-refractivity contribution in [2.45, 2.75) is 6.42 Å². The lowest BCUT2D eigenvalue weighted by Gasteiger charge is -2.27. The summed E-state index contributed by atoms with van der Waals surface area (Å²) in [5, 5.41) is 3.17. The summed E-state index contributed by atoms with van der Waals surface area (Å²) in [5.74, 6) is 0.875. The second-order valence-corrected chi connectivity index (χ2v) is 4.08. The quantitative estimate of drug-likeness (QED) is 0.763. The highest BCUT2D eigenvalue weighted by atomic mass is 16.5. The van der Waals surface area contributed by atoms with Gasteiger partial charge in [-0.3, -0.25) is 4.90 Å². The smallest absolute Gasteiger partial charge is 0.186 e. The average Bonchev–Trinajstić information content (AvgIpc) is 2.38. The number of nitrogens with one attached hydrogen (secondary N) is 1. The minimum atomic E-state index is 0.873. The van der Waals surface area contributed by atoms with Gasteiger partial charge in [-0.05, 0) is 12.0 Å². The fourth-order valence-corrected chi connectivity index (χ4v) is 1.98. The Morgan fingerprint density at radius 2 is 2.25 bits per heavy atom. The van der Waals surface area contributed by atoms with Gasteiger partial charge in [-0.15, -0.1) is 0 Å². The van der Waals surface area contributed by atoms with Gasteiger partial charge in [-0.2, -0.15) is 0 Å². The fraction of sp³-hybridized carbons (Fsp3) is 0.667. The molecule has 16 heavy (non-hydrogen) atoms. The number of hydrogen-bond donors (Lipinski definition) is 1. The van der Waals surface area contributed by atoms with Gasteiger partial charge in [0.15, 0.2) is 5.88 Å². The van der Waals surface area contributed by atoms with E-state index in [1.54, 1.807) is 7.11 Å². The standard InChI is InChI=1S/C12H20N2O2/c1-15-12-10-11(2-4-13-12)3-5-14-6-8-16-9-7-14/h2,10,13H,3-9H2,1H3. The van der Waals surface area contributed by atoms with Crippen LogP contribution in [-0.4, -0.2) is 51.4 Å². The summed E-state index contributed by atoms with van der Waals surface area (Å²) in [6.45, 7) is 5.86. The molecule has 0 unspecified atom stereocenters. The fourth-order valence-electron chi connectivity index (χ4n) is 1.98. The molecule has 2 heterocycles. The Bertz CT molecular complexity index is 281. The van der Waals surface area contributed by atoms with Gasteiger partial charge in [0.05, 0.1) is 20.3 Å². The molecular weight excluding hydrogens is 204 g/mol. The Morgan fingerprint density at radius 1 is 1.44 bits per heavy atom. The maximum Gasteiger partial charge on any atom is 0.186 e. The summed E-state index contributed by atoms with van der Waals surface area (Å²) in [7, 11) is 1.70. The van der Waals surface area contributed by atoms with E-state index in [2.05, 4.69) is 22.4 Å². The summed E-state index contributed by atoms with van der Waals surface area (Å²) < 4.78 is 10.5. The van der Waals surface area contributed by atoms with Crippen LogP contribution in [0.2, 0.25) is 0 Å². The normalized spacial score (nSPS) is 22.1. The van der Waals surface area contributed by atoms with Crippen LogP contribution >= 0.6 is 0 Å². The molecule has 0 atom stereocenters. The van der Waals surface area contributed by atoms with Gasteiger partial charge in [-0.1, -0.05) is 6.08 Å². The molecule has 2 rings (SSSR count). The molecular formula is C12H20N2O2. The molecule has 4 nitrogen and oxygen atoms in total. The van der Waals surface area contributed by atoms with Crippen molar-refractivity contribution in [3.05, 3.63) is 23.6 Å². The first-order chi connectivity index (χ1) is 7.88. The lowest BCUT2D eigenvalue weighted by molar-refractivity contribution is 0.0385. The molecule has 0 aromatic carbocycles. The Morgan fingerprint density at radius 3 is 3.00 bits per heavy atom. The van der Waals surface area contributed by atoms with Crippen molar-refractivity contribution in [1.29, 1.82) is 0 Å². The molecule has 1 fully saturated rings. The molecule has 0 aromatic rings.